The van der Waals surface area contributed by atoms with Crippen molar-refractivity contribution in [3.63, 3.8) is 0 Å². The molecular weight excluding hydrogens is 266 g/mol. The lowest BCUT2D eigenvalue weighted by molar-refractivity contribution is 0.229. The Morgan fingerprint density at radius 2 is 1.86 bits per heavy atom. The molecule has 2 N–H and O–H groups in total. The maximum absolute atomic E-state index is 11.9. The van der Waals surface area contributed by atoms with Crippen LogP contribution in [0.3, 0.4) is 0 Å². The summed E-state index contributed by atoms with van der Waals surface area (Å²) >= 11 is 0. The predicted molar refractivity (Wildman–Crippen MR) is 85.7 cm³/mol. The third-order valence-corrected chi connectivity index (χ3v) is 3.31. The zero-order valence-corrected chi connectivity index (χ0v) is 13.7. The number of methoxy groups -OCH3 is 1. The topological polar surface area (TPSA) is 53.6 Å². The Morgan fingerprint density at radius 1 is 1.24 bits per heavy atom. The first-order valence-electron chi connectivity index (χ1n) is 7.20. The van der Waals surface area contributed by atoms with Gasteiger partial charge in [0.05, 0.1) is 12.6 Å². The quantitative estimate of drug-likeness (QED) is 0.758. The van der Waals surface area contributed by atoms with Gasteiger partial charge in [-0.1, -0.05) is 12.1 Å². The maximum Gasteiger partial charge on any atom is 0.315 e. The maximum atomic E-state index is 11.9. The Labute approximate surface area is 127 Å². The SMILES string of the molecule is COc1ccc(C(C)(C)NC(=O)NCCCN(C)C)cc1. The second-order valence-corrected chi connectivity index (χ2v) is 5.89. The fourth-order valence-corrected chi connectivity index (χ4v) is 2.01. The van der Waals surface area contributed by atoms with Crippen LogP contribution < -0.4 is 15.4 Å². The lowest BCUT2D eigenvalue weighted by atomic mass is 9.94. The van der Waals surface area contributed by atoms with Crippen LogP contribution >= 0.6 is 0 Å². The average molecular weight is 293 g/mol. The van der Waals surface area contributed by atoms with Gasteiger partial charge in [0.25, 0.3) is 0 Å². The molecular formula is C16H27N3O2. The zero-order chi connectivity index (χ0) is 15.9. The van der Waals surface area contributed by atoms with Crippen LogP contribution in [-0.4, -0.2) is 45.2 Å². The first-order valence-corrected chi connectivity index (χ1v) is 7.20. The molecule has 0 saturated heterocycles. The van der Waals surface area contributed by atoms with Crippen LogP contribution in [0.15, 0.2) is 24.3 Å². The van der Waals surface area contributed by atoms with Gasteiger partial charge >= 0.3 is 6.03 Å². The number of carbonyl (C=O) groups excluding carboxylic acids is 1. The van der Waals surface area contributed by atoms with E-state index < -0.39 is 5.54 Å². The van der Waals surface area contributed by atoms with Crippen molar-refractivity contribution < 1.29 is 9.53 Å². The van der Waals surface area contributed by atoms with E-state index in [-0.39, 0.29) is 6.03 Å². The highest BCUT2D eigenvalue weighted by Gasteiger charge is 2.22. The molecule has 0 heterocycles. The van der Waals surface area contributed by atoms with Crippen molar-refractivity contribution in [3.05, 3.63) is 29.8 Å². The van der Waals surface area contributed by atoms with E-state index >= 15 is 0 Å². The molecule has 1 rings (SSSR count). The Balaban J connectivity index is 2.48. The van der Waals surface area contributed by atoms with Gasteiger partial charge in [-0.05, 0) is 58.6 Å². The normalized spacial score (nSPS) is 11.3. The molecule has 0 aliphatic heterocycles. The number of carbonyl (C=O) groups is 1. The predicted octanol–water partition coefficient (Wildman–Crippen LogP) is 2.18. The lowest BCUT2D eigenvalue weighted by Gasteiger charge is -2.27. The molecule has 0 fully saturated rings. The number of amides is 2. The van der Waals surface area contributed by atoms with Crippen molar-refractivity contribution in [2.75, 3.05) is 34.3 Å². The minimum atomic E-state index is -0.433. The van der Waals surface area contributed by atoms with Crippen molar-refractivity contribution in [2.24, 2.45) is 0 Å². The van der Waals surface area contributed by atoms with Gasteiger partial charge in [-0.15, -0.1) is 0 Å². The Hall–Kier alpha value is -1.75. The first kappa shape index (κ1) is 17.3. The molecule has 1 aromatic carbocycles. The van der Waals surface area contributed by atoms with Gasteiger partial charge in [-0.2, -0.15) is 0 Å². The van der Waals surface area contributed by atoms with Crippen molar-refractivity contribution in [3.8, 4) is 5.75 Å². The second kappa shape index (κ2) is 7.88. The van der Waals surface area contributed by atoms with E-state index in [4.69, 9.17) is 4.74 Å². The van der Waals surface area contributed by atoms with Crippen LogP contribution in [0.1, 0.15) is 25.8 Å². The molecule has 0 aliphatic rings. The Morgan fingerprint density at radius 3 is 2.38 bits per heavy atom. The van der Waals surface area contributed by atoms with Gasteiger partial charge in [-0.25, -0.2) is 4.79 Å². The number of urea groups is 1. The highest BCUT2D eigenvalue weighted by Crippen LogP contribution is 2.22. The van der Waals surface area contributed by atoms with E-state index in [1.165, 1.54) is 0 Å². The summed E-state index contributed by atoms with van der Waals surface area (Å²) in [4.78, 5) is 14.0. The van der Waals surface area contributed by atoms with Gasteiger partial charge in [0.15, 0.2) is 0 Å². The summed E-state index contributed by atoms with van der Waals surface area (Å²) in [6.45, 7) is 5.59. The lowest BCUT2D eigenvalue weighted by Crippen LogP contribution is -2.46. The van der Waals surface area contributed by atoms with Gasteiger partial charge in [0.2, 0.25) is 0 Å². The Kier molecular flexibility index (Phi) is 6.49. The molecule has 0 saturated carbocycles. The van der Waals surface area contributed by atoms with E-state index in [2.05, 4.69) is 15.5 Å². The van der Waals surface area contributed by atoms with Crippen LogP contribution in [0.4, 0.5) is 4.79 Å². The van der Waals surface area contributed by atoms with Crippen LogP contribution in [0, 0.1) is 0 Å². The molecule has 0 aliphatic carbocycles. The highest BCUT2D eigenvalue weighted by molar-refractivity contribution is 5.74. The Bertz CT molecular complexity index is 441. The smallest absolute Gasteiger partial charge is 0.315 e. The monoisotopic (exact) mass is 293 g/mol. The summed E-state index contributed by atoms with van der Waals surface area (Å²) in [5, 5.41) is 5.88. The van der Waals surface area contributed by atoms with Gasteiger partial charge < -0.3 is 20.3 Å². The van der Waals surface area contributed by atoms with Crippen LogP contribution in [0.25, 0.3) is 0 Å². The van der Waals surface area contributed by atoms with Crippen molar-refractivity contribution in [2.45, 2.75) is 25.8 Å². The molecule has 5 heteroatoms. The molecule has 118 valence electrons. The van der Waals surface area contributed by atoms with E-state index in [9.17, 15) is 4.79 Å². The molecule has 0 atom stereocenters. The number of nitrogens with one attached hydrogen (secondary N) is 2. The molecule has 0 unspecified atom stereocenters. The zero-order valence-electron chi connectivity index (χ0n) is 13.7. The van der Waals surface area contributed by atoms with Gasteiger partial charge in [0, 0.05) is 6.54 Å². The largest absolute Gasteiger partial charge is 0.497 e. The van der Waals surface area contributed by atoms with Crippen molar-refractivity contribution in [1.29, 1.82) is 0 Å². The minimum absolute atomic E-state index is 0.144. The first-order chi connectivity index (χ1) is 9.85. The summed E-state index contributed by atoms with van der Waals surface area (Å²) in [5.41, 5.74) is 0.601. The number of hydrogen-bond acceptors (Lipinski definition) is 3. The molecule has 0 aromatic heterocycles. The van der Waals surface area contributed by atoms with Gasteiger partial charge in [0.1, 0.15) is 5.75 Å². The number of ether oxygens (including phenoxy) is 1. The fraction of sp³-hybridized carbons (Fsp3) is 0.562. The average Bonchev–Trinajstić information content (AvgIpc) is 2.43. The summed E-state index contributed by atoms with van der Waals surface area (Å²) in [7, 11) is 5.68. The number of nitrogens with zero attached hydrogens (tertiary/aromatic N) is 1. The molecule has 21 heavy (non-hydrogen) atoms. The van der Waals surface area contributed by atoms with E-state index in [1.807, 2.05) is 52.2 Å². The summed E-state index contributed by atoms with van der Waals surface area (Å²) in [6, 6.07) is 7.58. The minimum Gasteiger partial charge on any atom is -0.497 e. The number of rotatable bonds is 7. The third-order valence-electron chi connectivity index (χ3n) is 3.31. The molecule has 5 nitrogen and oxygen atoms in total. The molecule has 0 radical (unpaired) electrons. The fourth-order valence-electron chi connectivity index (χ4n) is 2.01. The molecule has 1 aromatic rings. The number of hydrogen-bond donors (Lipinski definition) is 2. The van der Waals surface area contributed by atoms with E-state index in [0.29, 0.717) is 6.54 Å². The van der Waals surface area contributed by atoms with Crippen LogP contribution in [-0.2, 0) is 5.54 Å². The van der Waals surface area contributed by atoms with E-state index in [1.54, 1.807) is 7.11 Å². The summed E-state index contributed by atoms with van der Waals surface area (Å²) in [5.74, 6) is 0.808. The van der Waals surface area contributed by atoms with Crippen molar-refractivity contribution in [1.82, 2.24) is 15.5 Å². The third kappa shape index (κ3) is 6.04. The van der Waals surface area contributed by atoms with Crippen LogP contribution in [0.5, 0.6) is 5.75 Å². The van der Waals surface area contributed by atoms with Gasteiger partial charge in [-0.3, -0.25) is 0 Å². The van der Waals surface area contributed by atoms with Crippen molar-refractivity contribution >= 4 is 6.03 Å². The molecule has 0 bridgehead atoms. The summed E-state index contributed by atoms with van der Waals surface area (Å²) < 4.78 is 5.14. The second-order valence-electron chi connectivity index (χ2n) is 5.89. The number of benzene rings is 1. The standard InChI is InChI=1S/C16H27N3O2/c1-16(2,13-7-9-14(21-5)10-8-13)18-15(20)17-11-6-12-19(3)4/h7-10H,6,11-12H2,1-5H3,(H2,17,18,20). The molecule has 0 spiro atoms. The van der Waals surface area contributed by atoms with E-state index in [0.717, 1.165) is 24.3 Å². The summed E-state index contributed by atoms with van der Waals surface area (Å²) in [6.07, 6.45) is 0.934. The van der Waals surface area contributed by atoms with Crippen LogP contribution in [0.2, 0.25) is 0 Å². The highest BCUT2D eigenvalue weighted by atomic mass is 16.5. The molecule has 2 amide bonds.